The largest absolute Gasteiger partial charge is 0.492 e. The van der Waals surface area contributed by atoms with Crippen LogP contribution in [0.15, 0.2) is 59.5 Å². The van der Waals surface area contributed by atoms with Crippen LogP contribution in [0.5, 0.6) is 5.75 Å². The van der Waals surface area contributed by atoms with Gasteiger partial charge in [-0.2, -0.15) is 9.78 Å². The van der Waals surface area contributed by atoms with Crippen molar-refractivity contribution in [1.29, 1.82) is 0 Å². The van der Waals surface area contributed by atoms with Gasteiger partial charge >= 0.3 is 0 Å². The second-order valence-electron chi connectivity index (χ2n) is 5.28. The third kappa shape index (κ3) is 4.30. The van der Waals surface area contributed by atoms with Crippen molar-refractivity contribution in [3.8, 4) is 11.4 Å². The number of ether oxygens (including phenoxy) is 1. The second-order valence-corrected chi connectivity index (χ2v) is 6.47. The number of para-hydroxylation sites is 1. The second kappa shape index (κ2) is 8.45. The molecule has 1 heterocycles. The van der Waals surface area contributed by atoms with E-state index < -0.39 is 5.56 Å². The monoisotopic (exact) mass is 409 g/mol. The molecule has 0 unspecified atom stereocenters. The maximum absolute atomic E-state index is 12.1. The number of halogens is 3. The zero-order valence-electron chi connectivity index (χ0n) is 13.5. The van der Waals surface area contributed by atoms with Crippen molar-refractivity contribution in [2.24, 2.45) is 0 Å². The summed E-state index contributed by atoms with van der Waals surface area (Å²) in [5, 5.41) is 7.63. The molecule has 0 radical (unpaired) electrons. The van der Waals surface area contributed by atoms with Crippen LogP contribution in [0.2, 0.25) is 15.1 Å². The van der Waals surface area contributed by atoms with Gasteiger partial charge in [0.1, 0.15) is 17.4 Å². The molecule has 3 rings (SSSR count). The molecule has 0 aliphatic rings. The smallest absolute Gasteiger partial charge is 0.291 e. The Morgan fingerprint density at radius 3 is 2.54 bits per heavy atom. The first-order valence-corrected chi connectivity index (χ1v) is 8.84. The Morgan fingerprint density at radius 2 is 1.81 bits per heavy atom. The number of hydrogen-bond donors (Lipinski definition) is 1. The molecule has 134 valence electrons. The summed E-state index contributed by atoms with van der Waals surface area (Å²) in [6.45, 7) is 1.05. The SMILES string of the molecule is O=c1c(Cl)c(Cl)cnn1-c1ccc(NCCOc2ccccc2)c(Cl)c1. The van der Waals surface area contributed by atoms with Gasteiger partial charge in [0.2, 0.25) is 0 Å². The van der Waals surface area contributed by atoms with E-state index in [2.05, 4.69) is 10.4 Å². The van der Waals surface area contributed by atoms with Gasteiger partial charge in [-0.25, -0.2) is 0 Å². The van der Waals surface area contributed by atoms with Crippen LogP contribution >= 0.6 is 34.8 Å². The van der Waals surface area contributed by atoms with Gasteiger partial charge in [0, 0.05) is 6.54 Å². The number of hydrogen-bond acceptors (Lipinski definition) is 4. The summed E-state index contributed by atoms with van der Waals surface area (Å²) in [6.07, 6.45) is 1.31. The zero-order valence-corrected chi connectivity index (χ0v) is 15.7. The van der Waals surface area contributed by atoms with E-state index >= 15 is 0 Å². The first-order chi connectivity index (χ1) is 12.6. The molecule has 0 bridgehead atoms. The molecule has 3 aromatic rings. The van der Waals surface area contributed by atoms with Gasteiger partial charge in [-0.1, -0.05) is 53.0 Å². The molecule has 1 N–H and O–H groups in total. The van der Waals surface area contributed by atoms with E-state index in [0.29, 0.717) is 23.9 Å². The lowest BCUT2D eigenvalue weighted by molar-refractivity contribution is 0.333. The highest BCUT2D eigenvalue weighted by atomic mass is 35.5. The Kier molecular flexibility index (Phi) is 6.04. The molecular formula is C18H14Cl3N3O2. The highest BCUT2D eigenvalue weighted by Crippen LogP contribution is 2.24. The molecule has 2 aromatic carbocycles. The standard InChI is InChI=1S/C18H14Cl3N3O2/c19-14-10-12(24-18(25)17(21)15(20)11-23-24)6-7-16(14)22-8-9-26-13-4-2-1-3-5-13/h1-7,10-11,22H,8-9H2. The maximum atomic E-state index is 12.1. The van der Waals surface area contributed by atoms with Crippen molar-refractivity contribution in [3.05, 3.63) is 80.1 Å². The Morgan fingerprint density at radius 1 is 1.04 bits per heavy atom. The topological polar surface area (TPSA) is 56.2 Å². The van der Waals surface area contributed by atoms with Gasteiger partial charge in [-0.05, 0) is 30.3 Å². The van der Waals surface area contributed by atoms with E-state index in [0.717, 1.165) is 16.1 Å². The molecular weight excluding hydrogens is 397 g/mol. The van der Waals surface area contributed by atoms with Gasteiger partial charge in [0.05, 0.1) is 27.6 Å². The molecule has 0 amide bonds. The van der Waals surface area contributed by atoms with Gasteiger partial charge in [0.25, 0.3) is 5.56 Å². The number of nitrogens with one attached hydrogen (secondary N) is 1. The Hall–Kier alpha value is -2.21. The summed E-state index contributed by atoms with van der Waals surface area (Å²) in [4.78, 5) is 12.1. The molecule has 0 saturated carbocycles. The van der Waals surface area contributed by atoms with E-state index in [1.807, 2.05) is 30.3 Å². The summed E-state index contributed by atoms with van der Waals surface area (Å²) in [5.41, 5.74) is 0.706. The van der Waals surface area contributed by atoms with Crippen LogP contribution in [-0.4, -0.2) is 22.9 Å². The fourth-order valence-corrected chi connectivity index (χ4v) is 2.74. The van der Waals surface area contributed by atoms with E-state index in [1.165, 1.54) is 6.20 Å². The number of nitrogens with zero attached hydrogens (tertiary/aromatic N) is 2. The van der Waals surface area contributed by atoms with Crippen LogP contribution in [0, 0.1) is 0 Å². The molecule has 0 aliphatic heterocycles. The Balaban J connectivity index is 1.66. The predicted molar refractivity (Wildman–Crippen MR) is 105 cm³/mol. The molecule has 1 aromatic heterocycles. The molecule has 0 atom stereocenters. The summed E-state index contributed by atoms with van der Waals surface area (Å²) in [5.74, 6) is 0.806. The highest BCUT2D eigenvalue weighted by molar-refractivity contribution is 6.41. The molecule has 0 spiro atoms. The van der Waals surface area contributed by atoms with Crippen molar-refractivity contribution < 1.29 is 4.74 Å². The highest BCUT2D eigenvalue weighted by Gasteiger charge is 2.10. The summed E-state index contributed by atoms with van der Waals surface area (Å²) in [6, 6.07) is 14.6. The van der Waals surface area contributed by atoms with Gasteiger partial charge in [0.15, 0.2) is 0 Å². The zero-order chi connectivity index (χ0) is 18.5. The Bertz CT molecular complexity index is 962. The van der Waals surface area contributed by atoms with Gasteiger partial charge < -0.3 is 10.1 Å². The van der Waals surface area contributed by atoms with Crippen LogP contribution in [0.25, 0.3) is 5.69 Å². The van der Waals surface area contributed by atoms with Crippen molar-refractivity contribution in [1.82, 2.24) is 9.78 Å². The lowest BCUT2D eigenvalue weighted by atomic mass is 10.2. The van der Waals surface area contributed by atoms with Crippen molar-refractivity contribution in [2.75, 3.05) is 18.5 Å². The number of benzene rings is 2. The lowest BCUT2D eigenvalue weighted by Crippen LogP contribution is -2.21. The third-order valence-corrected chi connectivity index (χ3v) is 4.56. The van der Waals surface area contributed by atoms with Gasteiger partial charge in [-0.15, -0.1) is 0 Å². The van der Waals surface area contributed by atoms with E-state index in [4.69, 9.17) is 39.5 Å². The van der Waals surface area contributed by atoms with Crippen LogP contribution < -0.4 is 15.6 Å². The minimum absolute atomic E-state index is 0.0851. The predicted octanol–water partition coefficient (Wildman–Crippen LogP) is 4.68. The summed E-state index contributed by atoms with van der Waals surface area (Å²) < 4.78 is 6.75. The van der Waals surface area contributed by atoms with Crippen LogP contribution in [-0.2, 0) is 0 Å². The molecule has 26 heavy (non-hydrogen) atoms. The fraction of sp³-hybridized carbons (Fsp3) is 0.111. The number of aromatic nitrogens is 2. The maximum Gasteiger partial charge on any atom is 0.291 e. The van der Waals surface area contributed by atoms with Crippen molar-refractivity contribution >= 4 is 40.5 Å². The van der Waals surface area contributed by atoms with E-state index in [9.17, 15) is 4.79 Å². The Labute approximate surface area is 165 Å². The van der Waals surface area contributed by atoms with Crippen molar-refractivity contribution in [2.45, 2.75) is 0 Å². The minimum Gasteiger partial charge on any atom is -0.492 e. The first-order valence-electron chi connectivity index (χ1n) is 7.71. The number of anilines is 1. The van der Waals surface area contributed by atoms with Gasteiger partial charge in [-0.3, -0.25) is 4.79 Å². The molecule has 0 aliphatic carbocycles. The average molecular weight is 411 g/mol. The minimum atomic E-state index is -0.507. The van der Waals surface area contributed by atoms with Crippen LogP contribution in [0.1, 0.15) is 0 Å². The third-order valence-electron chi connectivity index (χ3n) is 3.50. The van der Waals surface area contributed by atoms with E-state index in [-0.39, 0.29) is 10.0 Å². The normalized spacial score (nSPS) is 10.6. The lowest BCUT2D eigenvalue weighted by Gasteiger charge is -2.12. The first kappa shape index (κ1) is 18.6. The average Bonchev–Trinajstić information content (AvgIpc) is 2.65. The number of rotatable bonds is 6. The van der Waals surface area contributed by atoms with Crippen molar-refractivity contribution in [3.63, 3.8) is 0 Å². The van der Waals surface area contributed by atoms with Crippen LogP contribution in [0.3, 0.4) is 0 Å². The molecule has 5 nitrogen and oxygen atoms in total. The fourth-order valence-electron chi connectivity index (χ4n) is 2.25. The quantitative estimate of drug-likeness (QED) is 0.599. The van der Waals surface area contributed by atoms with E-state index in [1.54, 1.807) is 18.2 Å². The van der Waals surface area contributed by atoms with Crippen LogP contribution in [0.4, 0.5) is 5.69 Å². The molecule has 0 saturated heterocycles. The molecule has 8 heteroatoms. The summed E-state index contributed by atoms with van der Waals surface area (Å²) in [7, 11) is 0. The summed E-state index contributed by atoms with van der Waals surface area (Å²) >= 11 is 18.0. The molecule has 0 fully saturated rings.